The number of anilines is 4. The molecule has 4 N–H and O–H groups in total. The summed E-state index contributed by atoms with van der Waals surface area (Å²) >= 11 is 0. The van der Waals surface area contributed by atoms with Gasteiger partial charge in [0.05, 0.1) is 46.9 Å². The van der Waals surface area contributed by atoms with Crippen molar-refractivity contribution in [2.45, 2.75) is 210 Å². The number of para-hydroxylation sites is 4. The van der Waals surface area contributed by atoms with Gasteiger partial charge in [-0.05, 0) is 155 Å². The molecule has 4 atom stereocenters. The molecule has 2 radical (unpaired) electrons. The number of rotatable bonds is 20. The molecule has 8 aromatic rings. The third kappa shape index (κ3) is 18.6. The fourth-order valence-electron chi connectivity index (χ4n) is 11.1. The second kappa shape index (κ2) is 33.2. The standard InChI is InChI=1S/2C33H47N3.C10H8O2.2Co/c2*1-20(2)26-14-11-15-27(21(3)4)32(26)34-24(9)30-18-13-19-31(36-30)25(10)35-33-28(22(5)6)16-12-17-29(33)23(7)8;11-9-5-7-3-1-2-4-8(7)6-10(9)12;;/h2*11-25,34-35H,1-10H3;1-6,11-12H;;/p-2. The second-order valence-corrected chi connectivity index (χ2v) is 25.6. The maximum atomic E-state index is 10.9. The summed E-state index contributed by atoms with van der Waals surface area (Å²) in [6.45, 7) is 45.1. The molecule has 466 valence electrons. The van der Waals surface area contributed by atoms with E-state index in [4.69, 9.17) is 9.97 Å². The molecule has 2 heterocycles. The van der Waals surface area contributed by atoms with E-state index in [0.29, 0.717) is 47.3 Å². The van der Waals surface area contributed by atoms with Crippen LogP contribution in [0.5, 0.6) is 11.5 Å². The SMILES string of the molecule is CC(C)c1cccc(C(C)C)c1NC(C)c1cccc(C(C)Nc2c(C(C)C)cccc2C(C)C)n1.CC(C)c1cccc(C(C)C)c1NC(C)c1cccc(C(C)Nc2c(C(C)C)cccc2C(C)C)n1.[Co].[Co].[O-]c1cc2ccccc2cc1[O-]. The van der Waals surface area contributed by atoms with Crippen molar-refractivity contribution in [1.29, 1.82) is 0 Å². The number of benzene rings is 6. The van der Waals surface area contributed by atoms with Gasteiger partial charge in [0.15, 0.2) is 0 Å². The van der Waals surface area contributed by atoms with Gasteiger partial charge in [0.2, 0.25) is 0 Å². The first-order valence-electron chi connectivity index (χ1n) is 31.2. The van der Waals surface area contributed by atoms with E-state index in [1.54, 1.807) is 0 Å². The van der Waals surface area contributed by atoms with Crippen molar-refractivity contribution in [3.8, 4) is 11.5 Å². The molecule has 86 heavy (non-hydrogen) atoms. The van der Waals surface area contributed by atoms with Crippen LogP contribution in [0.1, 0.15) is 277 Å². The van der Waals surface area contributed by atoms with Crippen molar-refractivity contribution in [1.82, 2.24) is 9.97 Å². The third-order valence-corrected chi connectivity index (χ3v) is 16.1. The summed E-state index contributed by atoms with van der Waals surface area (Å²) in [5.41, 5.74) is 20.3. The van der Waals surface area contributed by atoms with Gasteiger partial charge in [-0.2, -0.15) is 0 Å². The molecule has 0 fully saturated rings. The molecule has 10 heteroatoms. The largest absolute Gasteiger partial charge is 0.873 e. The quantitative estimate of drug-likeness (QED) is 0.0596. The van der Waals surface area contributed by atoms with Crippen LogP contribution in [0.15, 0.2) is 146 Å². The second-order valence-electron chi connectivity index (χ2n) is 25.6. The van der Waals surface area contributed by atoms with Crippen molar-refractivity contribution in [3.05, 3.63) is 213 Å². The molecule has 6 aromatic carbocycles. The van der Waals surface area contributed by atoms with Crippen LogP contribution in [0.25, 0.3) is 10.8 Å². The Morgan fingerprint density at radius 2 is 0.430 bits per heavy atom. The van der Waals surface area contributed by atoms with Crippen LogP contribution < -0.4 is 31.5 Å². The average Bonchev–Trinajstić information content (AvgIpc) is 2.02. The number of hydrogen-bond donors (Lipinski definition) is 4. The molecule has 0 bridgehead atoms. The number of nitrogens with one attached hydrogen (secondary N) is 4. The van der Waals surface area contributed by atoms with Crippen LogP contribution in [0.4, 0.5) is 22.7 Å². The third-order valence-electron chi connectivity index (χ3n) is 16.1. The maximum absolute atomic E-state index is 10.9. The van der Waals surface area contributed by atoms with E-state index >= 15 is 0 Å². The number of nitrogens with zero attached hydrogens (tertiary/aromatic N) is 2. The van der Waals surface area contributed by atoms with Gasteiger partial charge in [-0.3, -0.25) is 9.97 Å². The van der Waals surface area contributed by atoms with Gasteiger partial charge in [0.1, 0.15) is 0 Å². The molecule has 8 rings (SSSR count). The van der Waals surface area contributed by atoms with E-state index in [1.165, 1.54) is 79.4 Å². The Morgan fingerprint density at radius 3 is 0.605 bits per heavy atom. The predicted molar refractivity (Wildman–Crippen MR) is 358 cm³/mol. The molecule has 2 aromatic heterocycles. The Kier molecular flexibility index (Phi) is 27.8. The van der Waals surface area contributed by atoms with Gasteiger partial charge in [-0.25, -0.2) is 0 Å². The Labute approximate surface area is 539 Å². The Hall–Kier alpha value is -6.31. The smallest absolute Gasteiger partial charge is 0.0657 e. The Balaban J connectivity index is 0.000000302. The van der Waals surface area contributed by atoms with E-state index in [-0.39, 0.29) is 57.7 Å². The monoisotopic (exact) mass is 1250 g/mol. The van der Waals surface area contributed by atoms with Crippen molar-refractivity contribution >= 4 is 33.5 Å². The molecule has 0 saturated carbocycles. The van der Waals surface area contributed by atoms with Crippen LogP contribution in [-0.4, -0.2) is 9.97 Å². The molecule has 4 unspecified atom stereocenters. The molecule has 8 nitrogen and oxygen atoms in total. The summed E-state index contributed by atoms with van der Waals surface area (Å²) in [4.78, 5) is 10.3. The van der Waals surface area contributed by atoms with E-state index < -0.39 is 11.5 Å². The predicted octanol–water partition coefficient (Wildman–Crippen LogP) is 20.8. The average molecular weight is 1250 g/mol. The normalized spacial score (nSPS) is 12.7. The summed E-state index contributed by atoms with van der Waals surface area (Å²) in [6.07, 6.45) is 0. The van der Waals surface area contributed by atoms with Gasteiger partial charge < -0.3 is 31.5 Å². The Morgan fingerprint density at radius 1 is 0.256 bits per heavy atom. The Bertz CT molecular complexity index is 2900. The van der Waals surface area contributed by atoms with Gasteiger partial charge >= 0.3 is 0 Å². The number of aromatic nitrogens is 2. The zero-order valence-corrected chi connectivity index (χ0v) is 57.2. The molecule has 0 amide bonds. The topological polar surface area (TPSA) is 120 Å². The molecule has 0 aliphatic heterocycles. The number of pyridine rings is 2. The van der Waals surface area contributed by atoms with E-state index in [2.05, 4.69) is 269 Å². The zero-order valence-electron chi connectivity index (χ0n) is 55.2. The van der Waals surface area contributed by atoms with E-state index in [9.17, 15) is 10.2 Å². The van der Waals surface area contributed by atoms with Gasteiger partial charge in [-0.15, -0.1) is 11.5 Å². The molecular formula is C76H100Co2N6O2-2. The molecule has 0 aliphatic rings. The van der Waals surface area contributed by atoms with Crippen LogP contribution >= 0.6 is 0 Å². The zero-order chi connectivity index (χ0) is 61.7. The number of fused-ring (bicyclic) bond motifs is 1. The number of hydrogen-bond acceptors (Lipinski definition) is 8. The minimum atomic E-state index is -0.436. The van der Waals surface area contributed by atoms with Crippen molar-refractivity contribution in [3.63, 3.8) is 0 Å². The fourth-order valence-corrected chi connectivity index (χ4v) is 11.1. The van der Waals surface area contributed by atoms with Crippen molar-refractivity contribution in [2.75, 3.05) is 21.3 Å². The van der Waals surface area contributed by atoms with Crippen LogP contribution in [0, 0.1) is 0 Å². The van der Waals surface area contributed by atoms with Crippen molar-refractivity contribution in [2.24, 2.45) is 0 Å². The fraction of sp³-hybridized carbons (Fsp3) is 0.421. The molecular weight excluding hydrogens is 1150 g/mol. The first-order chi connectivity index (χ1) is 39.8. The minimum absolute atomic E-state index is 0. The van der Waals surface area contributed by atoms with Gasteiger partial charge in [-0.1, -0.05) is 232 Å². The van der Waals surface area contributed by atoms with Crippen molar-refractivity contribution < 1.29 is 43.8 Å². The van der Waals surface area contributed by atoms with Crippen LogP contribution in [-0.2, 0) is 33.6 Å². The van der Waals surface area contributed by atoms with Gasteiger partial charge in [0, 0.05) is 56.3 Å². The van der Waals surface area contributed by atoms with E-state index in [1.807, 2.05) is 24.3 Å². The van der Waals surface area contributed by atoms with Crippen LogP contribution in [0.3, 0.4) is 0 Å². The summed E-state index contributed by atoms with van der Waals surface area (Å²) in [5, 5.41) is 38.8. The summed E-state index contributed by atoms with van der Waals surface area (Å²) in [7, 11) is 0. The van der Waals surface area contributed by atoms with E-state index in [0.717, 1.165) is 33.5 Å². The minimum Gasteiger partial charge on any atom is -0.873 e. The molecule has 0 saturated heterocycles. The summed E-state index contributed by atoms with van der Waals surface area (Å²) < 4.78 is 0. The summed E-state index contributed by atoms with van der Waals surface area (Å²) in [6, 6.07) is 50.1. The summed E-state index contributed by atoms with van der Waals surface area (Å²) in [5.74, 6) is 2.78. The molecule has 0 aliphatic carbocycles. The van der Waals surface area contributed by atoms with Crippen LogP contribution in [0.2, 0.25) is 0 Å². The van der Waals surface area contributed by atoms with Gasteiger partial charge in [0.25, 0.3) is 0 Å². The maximum Gasteiger partial charge on any atom is 0.0657 e. The first kappa shape index (κ1) is 72.2. The first-order valence-corrected chi connectivity index (χ1v) is 31.2. The molecule has 0 spiro atoms.